The van der Waals surface area contributed by atoms with Gasteiger partial charge in [0.1, 0.15) is 22.9 Å². The zero-order valence-electron chi connectivity index (χ0n) is 11.7. The van der Waals surface area contributed by atoms with Gasteiger partial charge in [-0.05, 0) is 53.2 Å². The molecule has 110 valence electrons. The van der Waals surface area contributed by atoms with E-state index in [0.29, 0.717) is 22.4 Å². The molecule has 0 N–H and O–H groups in total. The Morgan fingerprint density at radius 1 is 1.29 bits per heavy atom. The molecule has 0 aliphatic heterocycles. The van der Waals surface area contributed by atoms with Crippen LogP contribution in [0.2, 0.25) is 0 Å². The summed E-state index contributed by atoms with van der Waals surface area (Å²) in [7, 11) is 1.40. The van der Waals surface area contributed by atoms with Gasteiger partial charge in [-0.15, -0.1) is 0 Å². The topological polar surface area (TPSA) is 35.5 Å². The number of halogens is 2. The lowest BCUT2D eigenvalue weighted by Gasteiger charge is -2.11. The Kier molecular flexibility index (Phi) is 4.96. The van der Waals surface area contributed by atoms with Crippen LogP contribution in [0.25, 0.3) is 0 Å². The molecule has 2 aromatic carbocycles. The Morgan fingerprint density at radius 2 is 2.05 bits per heavy atom. The molecule has 21 heavy (non-hydrogen) atoms. The molecule has 5 heteroatoms. The molecule has 0 spiro atoms. The van der Waals surface area contributed by atoms with E-state index >= 15 is 0 Å². The number of benzene rings is 2. The van der Waals surface area contributed by atoms with E-state index in [9.17, 15) is 9.18 Å². The first-order chi connectivity index (χ1) is 10.1. The third-order valence-electron chi connectivity index (χ3n) is 2.92. The molecule has 3 nitrogen and oxygen atoms in total. The van der Waals surface area contributed by atoms with Crippen LogP contribution in [-0.4, -0.2) is 19.5 Å². The molecule has 2 aromatic rings. The standard InChI is InChI=1S/C16H14BrFO3/c1-3-21-10-7-8-11(12(17)9-10)16(19)15-13(18)5-4-6-14(15)20-2/h4-9H,3H2,1-2H3. The minimum absolute atomic E-state index is 0.0788. The lowest BCUT2D eigenvalue weighted by Crippen LogP contribution is -2.08. The predicted octanol–water partition coefficient (Wildman–Crippen LogP) is 4.23. The highest BCUT2D eigenvalue weighted by molar-refractivity contribution is 9.10. The van der Waals surface area contributed by atoms with Gasteiger partial charge in [-0.1, -0.05) is 6.07 Å². The Hall–Kier alpha value is -1.88. The van der Waals surface area contributed by atoms with E-state index in [1.165, 1.54) is 19.2 Å². The smallest absolute Gasteiger partial charge is 0.200 e. The Morgan fingerprint density at radius 3 is 2.67 bits per heavy atom. The zero-order valence-corrected chi connectivity index (χ0v) is 13.2. The number of ether oxygens (including phenoxy) is 2. The summed E-state index contributed by atoms with van der Waals surface area (Å²) in [5.74, 6) is -0.206. The summed E-state index contributed by atoms with van der Waals surface area (Å²) < 4.78 is 24.9. The number of hydrogen-bond acceptors (Lipinski definition) is 3. The van der Waals surface area contributed by atoms with Gasteiger partial charge in [-0.25, -0.2) is 4.39 Å². The molecule has 0 atom stereocenters. The average molecular weight is 353 g/mol. The van der Waals surface area contributed by atoms with Gasteiger partial charge in [0.2, 0.25) is 5.78 Å². The number of methoxy groups -OCH3 is 1. The minimum Gasteiger partial charge on any atom is -0.496 e. The van der Waals surface area contributed by atoms with E-state index < -0.39 is 11.6 Å². The van der Waals surface area contributed by atoms with Crippen LogP contribution in [0.15, 0.2) is 40.9 Å². The molecule has 0 aliphatic carbocycles. The molecule has 0 bridgehead atoms. The molecule has 2 rings (SSSR count). The van der Waals surface area contributed by atoms with Crippen LogP contribution in [-0.2, 0) is 0 Å². The lowest BCUT2D eigenvalue weighted by atomic mass is 10.0. The molecular formula is C16H14BrFO3. The van der Waals surface area contributed by atoms with Crippen molar-refractivity contribution in [1.82, 2.24) is 0 Å². The van der Waals surface area contributed by atoms with Crippen molar-refractivity contribution in [2.24, 2.45) is 0 Å². The summed E-state index contributed by atoms with van der Waals surface area (Å²) in [5.41, 5.74) is 0.270. The highest BCUT2D eigenvalue weighted by Crippen LogP contribution is 2.29. The van der Waals surface area contributed by atoms with Gasteiger partial charge in [0.15, 0.2) is 0 Å². The summed E-state index contributed by atoms with van der Waals surface area (Å²) in [6.07, 6.45) is 0. The minimum atomic E-state index is -0.611. The number of carbonyl (C=O) groups excluding carboxylic acids is 1. The third-order valence-corrected chi connectivity index (χ3v) is 3.57. The third kappa shape index (κ3) is 3.24. The predicted molar refractivity (Wildman–Crippen MR) is 81.7 cm³/mol. The number of hydrogen-bond donors (Lipinski definition) is 0. The van der Waals surface area contributed by atoms with E-state index in [1.54, 1.807) is 24.3 Å². The normalized spacial score (nSPS) is 10.3. The second-order valence-electron chi connectivity index (χ2n) is 4.22. The molecule has 0 aromatic heterocycles. The van der Waals surface area contributed by atoms with Crippen molar-refractivity contribution in [1.29, 1.82) is 0 Å². The van der Waals surface area contributed by atoms with Crippen LogP contribution < -0.4 is 9.47 Å². The maximum Gasteiger partial charge on any atom is 0.200 e. The lowest BCUT2D eigenvalue weighted by molar-refractivity contribution is 0.103. The fourth-order valence-electron chi connectivity index (χ4n) is 1.97. The van der Waals surface area contributed by atoms with E-state index in [4.69, 9.17) is 9.47 Å². The number of carbonyl (C=O) groups is 1. The van der Waals surface area contributed by atoms with Crippen molar-refractivity contribution in [3.05, 3.63) is 57.8 Å². The summed E-state index contributed by atoms with van der Waals surface area (Å²) in [6.45, 7) is 2.40. The first-order valence-corrected chi connectivity index (χ1v) is 7.17. The fraction of sp³-hybridized carbons (Fsp3) is 0.188. The number of rotatable bonds is 5. The fourth-order valence-corrected chi connectivity index (χ4v) is 2.50. The maximum absolute atomic E-state index is 14.0. The second-order valence-corrected chi connectivity index (χ2v) is 5.08. The van der Waals surface area contributed by atoms with Crippen molar-refractivity contribution in [2.75, 3.05) is 13.7 Å². The van der Waals surface area contributed by atoms with E-state index in [0.717, 1.165) is 0 Å². The SMILES string of the molecule is CCOc1ccc(C(=O)c2c(F)cccc2OC)c(Br)c1. The zero-order chi connectivity index (χ0) is 15.4. The Bertz CT molecular complexity index is 671. The van der Waals surface area contributed by atoms with Crippen molar-refractivity contribution >= 4 is 21.7 Å². The van der Waals surface area contributed by atoms with Crippen molar-refractivity contribution < 1.29 is 18.7 Å². The van der Waals surface area contributed by atoms with Gasteiger partial charge in [-0.3, -0.25) is 4.79 Å². The molecule has 0 saturated heterocycles. The van der Waals surface area contributed by atoms with Gasteiger partial charge in [0.25, 0.3) is 0 Å². The largest absolute Gasteiger partial charge is 0.496 e. The van der Waals surface area contributed by atoms with Crippen molar-refractivity contribution in [3.8, 4) is 11.5 Å². The van der Waals surface area contributed by atoms with Crippen LogP contribution in [0.4, 0.5) is 4.39 Å². The van der Waals surface area contributed by atoms with Gasteiger partial charge >= 0.3 is 0 Å². The van der Waals surface area contributed by atoms with Crippen LogP contribution in [0.5, 0.6) is 11.5 Å². The molecule has 0 heterocycles. The van der Waals surface area contributed by atoms with E-state index in [-0.39, 0.29) is 11.3 Å². The quantitative estimate of drug-likeness (QED) is 0.755. The molecule has 0 amide bonds. The van der Waals surface area contributed by atoms with Crippen LogP contribution in [0, 0.1) is 5.82 Å². The Labute approximate surface area is 130 Å². The molecule has 0 saturated carbocycles. The number of ketones is 1. The van der Waals surface area contributed by atoms with Gasteiger partial charge in [0, 0.05) is 10.0 Å². The van der Waals surface area contributed by atoms with Crippen LogP contribution in [0.1, 0.15) is 22.8 Å². The summed E-state index contributed by atoms with van der Waals surface area (Å²) >= 11 is 3.32. The molecule has 0 fully saturated rings. The Balaban J connectivity index is 2.46. The highest BCUT2D eigenvalue weighted by Gasteiger charge is 2.21. The van der Waals surface area contributed by atoms with Gasteiger partial charge < -0.3 is 9.47 Å². The highest BCUT2D eigenvalue weighted by atomic mass is 79.9. The monoisotopic (exact) mass is 352 g/mol. The van der Waals surface area contributed by atoms with Crippen LogP contribution in [0.3, 0.4) is 0 Å². The molecule has 0 unspecified atom stereocenters. The van der Waals surface area contributed by atoms with Gasteiger partial charge in [-0.2, -0.15) is 0 Å². The summed E-state index contributed by atoms with van der Waals surface area (Å²) in [5, 5.41) is 0. The molecule has 0 radical (unpaired) electrons. The van der Waals surface area contributed by atoms with Crippen LogP contribution >= 0.6 is 15.9 Å². The van der Waals surface area contributed by atoms with Crippen molar-refractivity contribution in [3.63, 3.8) is 0 Å². The second kappa shape index (κ2) is 6.72. The maximum atomic E-state index is 14.0. The molecule has 0 aliphatic rings. The van der Waals surface area contributed by atoms with Gasteiger partial charge in [0.05, 0.1) is 13.7 Å². The summed E-state index contributed by atoms with van der Waals surface area (Å²) in [4.78, 5) is 12.5. The van der Waals surface area contributed by atoms with Crippen molar-refractivity contribution in [2.45, 2.75) is 6.92 Å². The average Bonchev–Trinajstić information content (AvgIpc) is 2.46. The first-order valence-electron chi connectivity index (χ1n) is 6.38. The summed E-state index contributed by atoms with van der Waals surface area (Å²) in [6, 6.07) is 9.25. The first kappa shape index (κ1) is 15.5. The van der Waals surface area contributed by atoms with E-state index in [2.05, 4.69) is 15.9 Å². The molecular weight excluding hydrogens is 339 g/mol. The van der Waals surface area contributed by atoms with E-state index in [1.807, 2.05) is 6.92 Å².